The molecule has 2 unspecified atom stereocenters. The van der Waals surface area contributed by atoms with Crippen LogP contribution < -0.4 is 0 Å². The van der Waals surface area contributed by atoms with Crippen LogP contribution in [0.3, 0.4) is 0 Å². The van der Waals surface area contributed by atoms with Crippen molar-refractivity contribution in [1.29, 1.82) is 0 Å². The van der Waals surface area contributed by atoms with Crippen molar-refractivity contribution in [2.75, 3.05) is 13.2 Å². The van der Waals surface area contributed by atoms with Gasteiger partial charge in [-0.05, 0) is 45.4 Å². The molecular formula is C19H23ClO6. The number of hydrogen-bond donors (Lipinski definition) is 0. The van der Waals surface area contributed by atoms with E-state index in [2.05, 4.69) is 0 Å². The second kappa shape index (κ2) is 10.1. The van der Waals surface area contributed by atoms with E-state index in [-0.39, 0.29) is 13.2 Å². The largest absolute Gasteiger partial charge is 0.465 e. The highest BCUT2D eigenvalue weighted by molar-refractivity contribution is 6.30. The van der Waals surface area contributed by atoms with Crippen LogP contribution in [0.5, 0.6) is 0 Å². The van der Waals surface area contributed by atoms with Crippen LogP contribution >= 0.6 is 11.6 Å². The highest BCUT2D eigenvalue weighted by Crippen LogP contribution is 2.36. The summed E-state index contributed by atoms with van der Waals surface area (Å²) in [4.78, 5) is 49.4. The minimum absolute atomic E-state index is 0.0695. The van der Waals surface area contributed by atoms with E-state index in [9.17, 15) is 19.2 Å². The van der Waals surface area contributed by atoms with Crippen LogP contribution in [0, 0.1) is 11.8 Å². The van der Waals surface area contributed by atoms with Gasteiger partial charge in [0.25, 0.3) is 0 Å². The Morgan fingerprint density at radius 1 is 0.846 bits per heavy atom. The first-order valence-electron chi connectivity index (χ1n) is 8.34. The summed E-state index contributed by atoms with van der Waals surface area (Å²) in [6.45, 7) is 5.82. The molecule has 142 valence electrons. The molecule has 1 aromatic rings. The smallest absolute Gasteiger partial charge is 0.317 e. The van der Waals surface area contributed by atoms with Gasteiger partial charge in [-0.3, -0.25) is 19.2 Å². The van der Waals surface area contributed by atoms with Crippen molar-refractivity contribution in [2.24, 2.45) is 11.8 Å². The molecule has 0 heterocycles. The number of benzene rings is 1. The van der Waals surface area contributed by atoms with Gasteiger partial charge in [0.2, 0.25) is 0 Å². The molecule has 0 aliphatic rings. The average molecular weight is 383 g/mol. The van der Waals surface area contributed by atoms with E-state index in [0.717, 1.165) is 0 Å². The monoisotopic (exact) mass is 382 g/mol. The lowest BCUT2D eigenvalue weighted by Gasteiger charge is -2.29. The summed E-state index contributed by atoms with van der Waals surface area (Å²) in [5.41, 5.74) is 0.455. The van der Waals surface area contributed by atoms with Crippen molar-refractivity contribution in [2.45, 2.75) is 33.6 Å². The van der Waals surface area contributed by atoms with E-state index in [1.807, 2.05) is 0 Å². The van der Waals surface area contributed by atoms with Gasteiger partial charge in [0.15, 0.2) is 0 Å². The molecule has 0 bridgehead atoms. The van der Waals surface area contributed by atoms with Crippen LogP contribution in [0.15, 0.2) is 24.3 Å². The van der Waals surface area contributed by atoms with Gasteiger partial charge in [-0.1, -0.05) is 23.7 Å². The van der Waals surface area contributed by atoms with Gasteiger partial charge in [-0.25, -0.2) is 0 Å². The molecule has 0 fully saturated rings. The van der Waals surface area contributed by atoms with E-state index < -0.39 is 41.3 Å². The van der Waals surface area contributed by atoms with Gasteiger partial charge < -0.3 is 9.47 Å². The minimum Gasteiger partial charge on any atom is -0.465 e. The van der Waals surface area contributed by atoms with E-state index in [0.29, 0.717) is 10.6 Å². The Labute approximate surface area is 157 Å². The zero-order valence-electron chi connectivity index (χ0n) is 15.3. The maximum absolute atomic E-state index is 12.4. The van der Waals surface area contributed by atoms with Crippen molar-refractivity contribution in [3.63, 3.8) is 0 Å². The molecule has 0 N–H and O–H groups in total. The molecule has 0 amide bonds. The number of carbonyl (C=O) groups excluding carboxylic acids is 4. The SMILES string of the molecule is CCOC(=O)C(C(C)=O)C(c1ccc(Cl)cc1)C(C(C)=O)C(=O)OCC. The number of ether oxygens (including phenoxy) is 2. The van der Waals surface area contributed by atoms with E-state index >= 15 is 0 Å². The molecule has 0 aliphatic carbocycles. The zero-order valence-corrected chi connectivity index (χ0v) is 16.0. The van der Waals surface area contributed by atoms with Crippen molar-refractivity contribution >= 4 is 35.1 Å². The Morgan fingerprint density at radius 2 is 1.23 bits per heavy atom. The molecule has 0 aromatic heterocycles. The summed E-state index contributed by atoms with van der Waals surface area (Å²) in [6.07, 6.45) is 0. The normalized spacial score (nSPS) is 14.0. The maximum atomic E-state index is 12.4. The van der Waals surface area contributed by atoms with Crippen molar-refractivity contribution in [3.05, 3.63) is 34.9 Å². The van der Waals surface area contributed by atoms with E-state index in [1.54, 1.807) is 38.1 Å². The number of halogens is 1. The number of hydrogen-bond acceptors (Lipinski definition) is 6. The Balaban J connectivity index is 3.55. The Kier molecular flexibility index (Phi) is 8.45. The zero-order chi connectivity index (χ0) is 19.9. The Bertz CT molecular complexity index is 631. The van der Waals surface area contributed by atoms with Crippen molar-refractivity contribution < 1.29 is 28.7 Å². The van der Waals surface area contributed by atoms with Gasteiger partial charge >= 0.3 is 11.9 Å². The lowest BCUT2D eigenvalue weighted by atomic mass is 9.73. The number of Topliss-reactive ketones (excluding diaryl/α,β-unsaturated/α-hetero) is 2. The van der Waals surface area contributed by atoms with Crippen molar-refractivity contribution in [3.8, 4) is 0 Å². The summed E-state index contributed by atoms with van der Waals surface area (Å²) in [6, 6.07) is 6.29. The van der Waals surface area contributed by atoms with E-state index in [4.69, 9.17) is 21.1 Å². The predicted octanol–water partition coefficient (Wildman–Crippen LogP) is 2.96. The fraction of sp³-hybridized carbons (Fsp3) is 0.474. The number of ketones is 2. The summed E-state index contributed by atoms with van der Waals surface area (Å²) in [5, 5.41) is 0.443. The third kappa shape index (κ3) is 5.39. The van der Waals surface area contributed by atoms with Crippen molar-refractivity contribution in [1.82, 2.24) is 0 Å². The average Bonchev–Trinajstić information content (AvgIpc) is 2.55. The molecule has 0 saturated heterocycles. The molecular weight excluding hydrogens is 360 g/mol. The van der Waals surface area contributed by atoms with Crippen LogP contribution in [-0.4, -0.2) is 36.7 Å². The molecule has 1 aromatic carbocycles. The van der Waals surface area contributed by atoms with Crippen LogP contribution in [0.25, 0.3) is 0 Å². The quantitative estimate of drug-likeness (QED) is 0.482. The van der Waals surface area contributed by atoms with E-state index in [1.165, 1.54) is 13.8 Å². The molecule has 6 nitrogen and oxygen atoms in total. The fourth-order valence-electron chi connectivity index (χ4n) is 2.86. The highest BCUT2D eigenvalue weighted by Gasteiger charge is 2.45. The lowest BCUT2D eigenvalue weighted by Crippen LogP contribution is -2.40. The molecule has 26 heavy (non-hydrogen) atoms. The number of rotatable bonds is 9. The first-order chi connectivity index (χ1) is 12.2. The lowest BCUT2D eigenvalue weighted by molar-refractivity contribution is -0.157. The summed E-state index contributed by atoms with van der Waals surface area (Å²) < 4.78 is 10.0. The fourth-order valence-corrected chi connectivity index (χ4v) is 2.98. The summed E-state index contributed by atoms with van der Waals surface area (Å²) >= 11 is 5.91. The molecule has 0 saturated carbocycles. The van der Waals surface area contributed by atoms with Crippen LogP contribution in [-0.2, 0) is 28.7 Å². The predicted molar refractivity (Wildman–Crippen MR) is 95.8 cm³/mol. The molecule has 2 atom stereocenters. The summed E-state index contributed by atoms with van der Waals surface area (Å²) in [5.74, 6) is -6.23. The molecule has 7 heteroatoms. The Hall–Kier alpha value is -2.21. The highest BCUT2D eigenvalue weighted by atomic mass is 35.5. The summed E-state index contributed by atoms with van der Waals surface area (Å²) in [7, 11) is 0. The second-order valence-electron chi connectivity index (χ2n) is 5.76. The maximum Gasteiger partial charge on any atom is 0.317 e. The first-order valence-corrected chi connectivity index (χ1v) is 8.71. The van der Waals surface area contributed by atoms with Crippen LogP contribution in [0.4, 0.5) is 0 Å². The molecule has 0 spiro atoms. The molecule has 0 aliphatic heterocycles. The Morgan fingerprint density at radius 3 is 1.54 bits per heavy atom. The standard InChI is InChI=1S/C19H23ClO6/c1-5-25-18(23)15(11(3)21)17(13-7-9-14(20)10-8-13)16(12(4)22)19(24)26-6-2/h7-10,15-17H,5-6H2,1-4H3. The van der Waals surface area contributed by atoms with Gasteiger partial charge in [0.1, 0.15) is 23.4 Å². The number of carbonyl (C=O) groups is 4. The third-order valence-electron chi connectivity index (χ3n) is 3.93. The van der Waals surface area contributed by atoms with Crippen LogP contribution in [0.2, 0.25) is 5.02 Å². The topological polar surface area (TPSA) is 86.7 Å². The molecule has 1 rings (SSSR count). The third-order valence-corrected chi connectivity index (χ3v) is 4.18. The second-order valence-corrected chi connectivity index (χ2v) is 6.19. The van der Waals surface area contributed by atoms with Gasteiger partial charge in [0, 0.05) is 10.9 Å². The number of esters is 2. The van der Waals surface area contributed by atoms with Crippen LogP contribution in [0.1, 0.15) is 39.2 Å². The molecule has 0 radical (unpaired) electrons. The first kappa shape index (κ1) is 21.8. The van der Waals surface area contributed by atoms with Gasteiger partial charge in [0.05, 0.1) is 13.2 Å². The van der Waals surface area contributed by atoms with Gasteiger partial charge in [-0.15, -0.1) is 0 Å². The van der Waals surface area contributed by atoms with Gasteiger partial charge in [-0.2, -0.15) is 0 Å². The minimum atomic E-state index is -1.31.